The Morgan fingerprint density at radius 1 is 1.00 bits per heavy atom. The number of hydrogen-bond donors (Lipinski definition) is 0. The maximum absolute atomic E-state index is 14.5. The fraction of sp³-hybridized carbons (Fsp3) is 0.548. The minimum absolute atomic E-state index is 0.000883. The zero-order valence-corrected chi connectivity index (χ0v) is 29.9. The summed E-state index contributed by atoms with van der Waals surface area (Å²) >= 11 is 23.9. The Kier molecular flexibility index (Phi) is 16.5. The summed E-state index contributed by atoms with van der Waals surface area (Å²) in [5, 5.41) is 0.216. The molecular formula is C31H39Cl4FN2O6S. The number of esters is 1. The molecule has 0 atom stereocenters. The number of carbonyl (C=O) groups excluding carboxylic acids is 4. The third kappa shape index (κ3) is 11.3. The standard InChI is InChI=1S/C21H23ClFNO5.C10H16Cl3NOS/c1-2-3-6-9-28-19(25)12-29-18-11-17(16(23)10-15(18)22)24-20(26)13-7-4-5-8-14(13)21(24)27;1-6(2)14(7(3)4)10(15)16-5-8(11)9(12)13/h10-11H,2-9,12H2,1H3;6-7H,5H2,1-4H3. The predicted molar refractivity (Wildman–Crippen MR) is 180 cm³/mol. The molecular weight excluding hydrogens is 689 g/mol. The van der Waals surface area contributed by atoms with Crippen molar-refractivity contribution in [3.8, 4) is 5.75 Å². The van der Waals surface area contributed by atoms with Crippen LogP contribution in [0.5, 0.6) is 5.75 Å². The van der Waals surface area contributed by atoms with E-state index in [9.17, 15) is 23.6 Å². The van der Waals surface area contributed by atoms with Crippen LogP contribution in [0.3, 0.4) is 0 Å². The number of nitrogens with zero attached hydrogens (tertiary/aromatic N) is 2. The minimum atomic E-state index is -0.814. The Hall–Kier alpha value is -1.98. The third-order valence-electron chi connectivity index (χ3n) is 6.84. The summed E-state index contributed by atoms with van der Waals surface area (Å²) in [6.45, 7) is 9.84. The van der Waals surface area contributed by atoms with Crippen molar-refractivity contribution in [3.05, 3.63) is 43.6 Å². The Labute approximate surface area is 288 Å². The first-order valence-electron chi connectivity index (χ1n) is 14.7. The van der Waals surface area contributed by atoms with Gasteiger partial charge in [0.1, 0.15) is 16.1 Å². The number of imide groups is 1. The van der Waals surface area contributed by atoms with Crippen molar-refractivity contribution >= 4 is 86.9 Å². The number of anilines is 1. The normalized spacial score (nSPS) is 14.4. The Bertz CT molecular complexity index is 1280. The highest BCUT2D eigenvalue weighted by Crippen LogP contribution is 2.39. The first kappa shape index (κ1) is 39.2. The SMILES string of the molecule is CC(C)N(C(=O)SCC(Cl)=C(Cl)Cl)C(C)C.CCCCCOC(=O)COc1cc(N2C(=O)C3=C(CCCC3)C2=O)c(F)cc1Cl. The van der Waals surface area contributed by atoms with Gasteiger partial charge >= 0.3 is 5.97 Å². The number of carbonyl (C=O) groups is 4. The molecule has 0 N–H and O–H groups in total. The molecule has 0 unspecified atom stereocenters. The molecule has 3 rings (SSSR count). The van der Waals surface area contributed by atoms with Crippen LogP contribution in [0, 0.1) is 5.82 Å². The van der Waals surface area contributed by atoms with Crippen molar-refractivity contribution in [2.24, 2.45) is 0 Å². The molecule has 0 radical (unpaired) electrons. The lowest BCUT2D eigenvalue weighted by Gasteiger charge is -2.30. The molecule has 8 nitrogen and oxygen atoms in total. The van der Waals surface area contributed by atoms with Crippen LogP contribution >= 0.6 is 58.2 Å². The van der Waals surface area contributed by atoms with E-state index in [1.165, 1.54) is 6.07 Å². The van der Waals surface area contributed by atoms with Crippen molar-refractivity contribution in [1.29, 1.82) is 0 Å². The second-order valence-corrected chi connectivity index (χ2v) is 13.6. The van der Waals surface area contributed by atoms with Crippen LogP contribution in [0.15, 0.2) is 32.8 Å². The lowest BCUT2D eigenvalue weighted by atomic mass is 9.93. The number of hydrogen-bond acceptors (Lipinski definition) is 7. The maximum atomic E-state index is 14.5. The summed E-state index contributed by atoms with van der Waals surface area (Å²) in [6, 6.07) is 2.47. The van der Waals surface area contributed by atoms with Gasteiger partial charge < -0.3 is 14.4 Å². The quantitative estimate of drug-likeness (QED) is 0.120. The number of halogens is 5. The molecule has 0 aromatic heterocycles. The molecule has 3 amide bonds. The summed E-state index contributed by atoms with van der Waals surface area (Å²) in [5.74, 6) is -2.10. The minimum Gasteiger partial charge on any atom is -0.480 e. The van der Waals surface area contributed by atoms with Gasteiger partial charge in [-0.15, -0.1) is 0 Å². The van der Waals surface area contributed by atoms with Gasteiger partial charge in [-0.05, 0) is 65.9 Å². The van der Waals surface area contributed by atoms with Crippen LogP contribution in [0.2, 0.25) is 5.02 Å². The maximum Gasteiger partial charge on any atom is 0.344 e. The highest BCUT2D eigenvalue weighted by molar-refractivity contribution is 8.13. The second kappa shape index (κ2) is 19.0. The number of rotatable bonds is 12. The topological polar surface area (TPSA) is 93.2 Å². The summed E-state index contributed by atoms with van der Waals surface area (Å²) in [6.07, 6.45) is 5.40. The number of amides is 3. The molecule has 1 aromatic carbocycles. The molecule has 1 aliphatic carbocycles. The number of unbranched alkanes of at least 4 members (excludes halogenated alkanes) is 2. The molecule has 0 saturated heterocycles. The van der Waals surface area contributed by atoms with E-state index in [1.807, 2.05) is 34.6 Å². The monoisotopic (exact) mass is 726 g/mol. The van der Waals surface area contributed by atoms with Crippen LogP contribution < -0.4 is 9.64 Å². The van der Waals surface area contributed by atoms with Crippen LogP contribution in [0.4, 0.5) is 14.9 Å². The summed E-state index contributed by atoms with van der Waals surface area (Å²) < 4.78 is 25.0. The lowest BCUT2D eigenvalue weighted by molar-refractivity contribution is -0.146. The third-order valence-corrected chi connectivity index (χ3v) is 9.16. The van der Waals surface area contributed by atoms with Crippen LogP contribution in [0.1, 0.15) is 79.6 Å². The second-order valence-electron chi connectivity index (χ2n) is 10.9. The van der Waals surface area contributed by atoms with Crippen LogP contribution in [-0.2, 0) is 19.1 Å². The summed E-state index contributed by atoms with van der Waals surface area (Å²) in [5.41, 5.74) is 0.674. The van der Waals surface area contributed by atoms with E-state index in [-0.39, 0.29) is 38.3 Å². The van der Waals surface area contributed by atoms with Crippen molar-refractivity contribution in [2.75, 3.05) is 23.9 Å². The fourth-order valence-electron chi connectivity index (χ4n) is 4.75. The van der Waals surface area contributed by atoms with Crippen molar-refractivity contribution in [3.63, 3.8) is 0 Å². The first-order valence-corrected chi connectivity index (χ1v) is 17.2. The summed E-state index contributed by atoms with van der Waals surface area (Å²) in [4.78, 5) is 51.6. The lowest BCUT2D eigenvalue weighted by Crippen LogP contribution is -2.39. The van der Waals surface area contributed by atoms with E-state index in [2.05, 4.69) is 0 Å². The molecule has 1 heterocycles. The molecule has 2 aliphatic rings. The van der Waals surface area contributed by atoms with E-state index in [1.54, 1.807) is 4.90 Å². The van der Waals surface area contributed by atoms with Gasteiger partial charge in [-0.25, -0.2) is 14.1 Å². The molecule has 1 aromatic rings. The zero-order chi connectivity index (χ0) is 33.8. The van der Waals surface area contributed by atoms with Crippen molar-refractivity contribution in [1.82, 2.24) is 4.90 Å². The van der Waals surface area contributed by atoms with E-state index in [0.717, 1.165) is 54.8 Å². The van der Waals surface area contributed by atoms with Gasteiger partial charge in [0.25, 0.3) is 17.1 Å². The van der Waals surface area contributed by atoms with Crippen molar-refractivity contribution in [2.45, 2.75) is 91.6 Å². The molecule has 250 valence electrons. The van der Waals surface area contributed by atoms with Gasteiger partial charge in [-0.2, -0.15) is 0 Å². The van der Waals surface area contributed by atoms with Gasteiger partial charge in [0.2, 0.25) is 0 Å². The van der Waals surface area contributed by atoms with Crippen molar-refractivity contribution < 1.29 is 33.0 Å². The largest absolute Gasteiger partial charge is 0.480 e. The van der Waals surface area contributed by atoms with Gasteiger partial charge in [-0.3, -0.25) is 14.4 Å². The van der Waals surface area contributed by atoms with E-state index in [4.69, 9.17) is 55.9 Å². The number of thioether (sulfide) groups is 1. The summed E-state index contributed by atoms with van der Waals surface area (Å²) in [7, 11) is 0. The van der Waals surface area contributed by atoms with Crippen LogP contribution in [0.25, 0.3) is 0 Å². The molecule has 45 heavy (non-hydrogen) atoms. The molecule has 14 heteroatoms. The molecule has 1 aliphatic heterocycles. The van der Waals surface area contributed by atoms with Crippen LogP contribution in [-0.4, -0.2) is 59.0 Å². The Morgan fingerprint density at radius 2 is 1.58 bits per heavy atom. The van der Waals surface area contributed by atoms with Gasteiger partial charge in [0, 0.05) is 35.0 Å². The Morgan fingerprint density at radius 3 is 2.09 bits per heavy atom. The van der Waals surface area contributed by atoms with Gasteiger partial charge in [0.05, 0.1) is 22.3 Å². The molecule has 0 fully saturated rings. The van der Waals surface area contributed by atoms with Gasteiger partial charge in [0.15, 0.2) is 6.61 Å². The van der Waals surface area contributed by atoms with E-state index in [0.29, 0.717) is 41.4 Å². The fourth-order valence-corrected chi connectivity index (χ4v) is 6.37. The predicted octanol–water partition coefficient (Wildman–Crippen LogP) is 9.18. The Balaban J connectivity index is 0.000000376. The highest BCUT2D eigenvalue weighted by atomic mass is 35.5. The zero-order valence-electron chi connectivity index (χ0n) is 26.0. The van der Waals surface area contributed by atoms with E-state index >= 15 is 0 Å². The number of ether oxygens (including phenoxy) is 2. The highest BCUT2D eigenvalue weighted by Gasteiger charge is 2.41. The molecule has 0 bridgehead atoms. The number of benzene rings is 1. The average molecular weight is 729 g/mol. The molecule has 0 spiro atoms. The smallest absolute Gasteiger partial charge is 0.344 e. The molecule has 0 saturated carbocycles. The first-order chi connectivity index (χ1) is 21.2. The average Bonchev–Trinajstić information content (AvgIpc) is 3.23. The van der Waals surface area contributed by atoms with Gasteiger partial charge in [-0.1, -0.05) is 77.9 Å². The van der Waals surface area contributed by atoms with E-state index < -0.39 is 30.2 Å².